The number of hydrogen-bond donors (Lipinski definition) is 0. The monoisotopic (exact) mass is 517 g/mol. The summed E-state index contributed by atoms with van der Waals surface area (Å²) in [5, 5.41) is 0.283. The maximum Gasteiger partial charge on any atom is 0.349 e. The number of aryl methyl sites for hydroxylation is 1. The summed E-state index contributed by atoms with van der Waals surface area (Å²) in [5.74, 6) is -0.572. The third-order valence-corrected chi connectivity index (χ3v) is 7.43. The smallest absolute Gasteiger partial charge is 0.349 e. The summed E-state index contributed by atoms with van der Waals surface area (Å²) in [5.41, 5.74) is 1.72. The third-order valence-electron chi connectivity index (χ3n) is 6.25. The standard InChI is InChI=1S/C27H23N3O6S/c1-15-22-24(37-23(15)27(34)35-13-17-7-5-4-6-8-17)28-14-30(26(22)33)12-20(31)18-9-10-21-19(11-18)29(3)25(32)16(2)36-21/h4-11,14,16H,12-13H2,1-3H3. The van der Waals surface area contributed by atoms with Crippen molar-refractivity contribution in [3.63, 3.8) is 0 Å². The predicted molar refractivity (Wildman–Crippen MR) is 138 cm³/mol. The molecule has 1 atom stereocenters. The lowest BCUT2D eigenvalue weighted by Gasteiger charge is -2.30. The fourth-order valence-electron chi connectivity index (χ4n) is 4.19. The van der Waals surface area contributed by atoms with Crippen molar-refractivity contribution in [2.75, 3.05) is 11.9 Å². The van der Waals surface area contributed by atoms with Gasteiger partial charge in [-0.15, -0.1) is 11.3 Å². The zero-order valence-electron chi connectivity index (χ0n) is 20.4. The number of fused-ring (bicyclic) bond motifs is 2. The fourth-order valence-corrected chi connectivity index (χ4v) is 5.22. The van der Waals surface area contributed by atoms with Crippen LogP contribution in [0.5, 0.6) is 5.75 Å². The number of thiophene rings is 1. The van der Waals surface area contributed by atoms with Gasteiger partial charge in [0.2, 0.25) is 0 Å². The molecule has 0 saturated carbocycles. The van der Waals surface area contributed by atoms with E-state index in [1.165, 1.54) is 15.8 Å². The summed E-state index contributed by atoms with van der Waals surface area (Å²) in [4.78, 5) is 57.7. The van der Waals surface area contributed by atoms with E-state index in [1.54, 1.807) is 39.1 Å². The van der Waals surface area contributed by atoms with Gasteiger partial charge in [-0.3, -0.25) is 19.0 Å². The summed E-state index contributed by atoms with van der Waals surface area (Å²) in [6, 6.07) is 14.1. The van der Waals surface area contributed by atoms with Gasteiger partial charge in [0, 0.05) is 12.6 Å². The van der Waals surface area contributed by atoms with E-state index in [-0.39, 0.29) is 30.2 Å². The molecule has 0 saturated heterocycles. The van der Waals surface area contributed by atoms with Gasteiger partial charge in [0.25, 0.3) is 11.5 Å². The molecule has 5 rings (SSSR count). The highest BCUT2D eigenvalue weighted by molar-refractivity contribution is 7.20. The number of esters is 1. The molecule has 2 aromatic carbocycles. The molecule has 0 bridgehead atoms. The third kappa shape index (κ3) is 4.51. The molecule has 1 unspecified atom stereocenters. The average molecular weight is 518 g/mol. The molecule has 37 heavy (non-hydrogen) atoms. The lowest BCUT2D eigenvalue weighted by atomic mass is 10.1. The molecule has 0 N–H and O–H groups in total. The van der Waals surface area contributed by atoms with E-state index in [9.17, 15) is 19.2 Å². The maximum absolute atomic E-state index is 13.2. The number of carbonyl (C=O) groups excluding carboxylic acids is 3. The highest BCUT2D eigenvalue weighted by Crippen LogP contribution is 2.34. The number of Topliss-reactive ketones (excluding diaryl/α,β-unsaturated/α-hetero) is 1. The van der Waals surface area contributed by atoms with E-state index in [1.807, 2.05) is 30.3 Å². The first kappa shape index (κ1) is 24.4. The van der Waals surface area contributed by atoms with Crippen LogP contribution in [0.4, 0.5) is 5.69 Å². The molecule has 9 nitrogen and oxygen atoms in total. The Labute approximate surface area is 215 Å². The average Bonchev–Trinajstić information content (AvgIpc) is 3.25. The van der Waals surface area contributed by atoms with E-state index in [2.05, 4.69) is 4.98 Å². The Morgan fingerprint density at radius 2 is 1.89 bits per heavy atom. The molecule has 1 aliphatic rings. The van der Waals surface area contributed by atoms with E-state index in [4.69, 9.17) is 9.47 Å². The van der Waals surface area contributed by atoms with Gasteiger partial charge in [-0.1, -0.05) is 30.3 Å². The molecular formula is C27H23N3O6S. The van der Waals surface area contributed by atoms with Crippen LogP contribution in [0.25, 0.3) is 10.2 Å². The summed E-state index contributed by atoms with van der Waals surface area (Å²) >= 11 is 1.09. The normalized spacial score (nSPS) is 14.8. The van der Waals surface area contributed by atoms with Crippen LogP contribution in [0.2, 0.25) is 0 Å². The lowest BCUT2D eigenvalue weighted by molar-refractivity contribution is -0.125. The van der Waals surface area contributed by atoms with Crippen LogP contribution >= 0.6 is 11.3 Å². The number of carbonyl (C=O) groups is 3. The second-order valence-electron chi connectivity index (χ2n) is 8.74. The minimum absolute atomic E-state index is 0.116. The molecule has 10 heteroatoms. The number of ketones is 1. The maximum atomic E-state index is 13.2. The van der Waals surface area contributed by atoms with Crippen LogP contribution in [0.3, 0.4) is 0 Å². The summed E-state index contributed by atoms with van der Waals surface area (Å²) in [6.07, 6.45) is 0.695. The number of rotatable bonds is 6. The van der Waals surface area contributed by atoms with Crippen molar-refractivity contribution >= 4 is 44.9 Å². The number of ether oxygens (including phenoxy) is 2. The largest absolute Gasteiger partial charge is 0.479 e. The van der Waals surface area contributed by atoms with Crippen LogP contribution in [-0.2, 0) is 22.7 Å². The summed E-state index contributed by atoms with van der Waals surface area (Å²) in [7, 11) is 1.62. The molecular weight excluding hydrogens is 494 g/mol. The molecule has 0 radical (unpaired) electrons. The van der Waals surface area contributed by atoms with Crippen molar-refractivity contribution in [1.82, 2.24) is 9.55 Å². The molecule has 2 aromatic heterocycles. The number of amides is 1. The van der Waals surface area contributed by atoms with Crippen molar-refractivity contribution in [2.45, 2.75) is 33.1 Å². The molecule has 4 aromatic rings. The zero-order chi connectivity index (χ0) is 26.3. The predicted octanol–water partition coefficient (Wildman–Crippen LogP) is 3.75. The van der Waals surface area contributed by atoms with E-state index >= 15 is 0 Å². The van der Waals surface area contributed by atoms with Crippen LogP contribution < -0.4 is 15.2 Å². The number of anilines is 1. The molecule has 0 spiro atoms. The van der Waals surface area contributed by atoms with Gasteiger partial charge >= 0.3 is 5.97 Å². The highest BCUT2D eigenvalue weighted by atomic mass is 32.1. The van der Waals surface area contributed by atoms with Crippen molar-refractivity contribution in [2.24, 2.45) is 0 Å². The summed E-state index contributed by atoms with van der Waals surface area (Å²) in [6.45, 7) is 3.20. The quantitative estimate of drug-likeness (QED) is 0.283. The van der Waals surface area contributed by atoms with Gasteiger partial charge in [0.15, 0.2) is 11.9 Å². The fraction of sp³-hybridized carbons (Fsp3) is 0.222. The number of aromatic nitrogens is 2. The Morgan fingerprint density at radius 1 is 1.14 bits per heavy atom. The first-order valence-corrected chi connectivity index (χ1v) is 12.4. The zero-order valence-corrected chi connectivity index (χ0v) is 21.2. The van der Waals surface area contributed by atoms with Crippen molar-refractivity contribution in [3.8, 4) is 5.75 Å². The summed E-state index contributed by atoms with van der Waals surface area (Å²) < 4.78 is 12.3. The lowest BCUT2D eigenvalue weighted by Crippen LogP contribution is -2.42. The van der Waals surface area contributed by atoms with Crippen LogP contribution in [0, 0.1) is 6.92 Å². The first-order chi connectivity index (χ1) is 17.7. The van der Waals surface area contributed by atoms with E-state index < -0.39 is 17.6 Å². The molecule has 0 aliphatic carbocycles. The number of likely N-dealkylation sites (N-methyl/N-ethyl adjacent to an activating group) is 1. The highest BCUT2D eigenvalue weighted by Gasteiger charge is 2.29. The van der Waals surface area contributed by atoms with Gasteiger partial charge in [-0.25, -0.2) is 9.78 Å². The van der Waals surface area contributed by atoms with Crippen LogP contribution in [0.15, 0.2) is 59.7 Å². The van der Waals surface area contributed by atoms with Gasteiger partial charge in [0.05, 0.1) is 23.9 Å². The SMILES string of the molecule is Cc1c(C(=O)OCc2ccccc2)sc2ncn(CC(=O)c3ccc4c(c3)N(C)C(=O)C(C)O4)c(=O)c12. The van der Waals surface area contributed by atoms with E-state index in [0.717, 1.165) is 16.9 Å². The Morgan fingerprint density at radius 3 is 2.65 bits per heavy atom. The minimum Gasteiger partial charge on any atom is -0.479 e. The van der Waals surface area contributed by atoms with Crippen molar-refractivity contribution < 1.29 is 23.9 Å². The molecule has 0 fully saturated rings. The van der Waals surface area contributed by atoms with Gasteiger partial charge in [-0.2, -0.15) is 0 Å². The van der Waals surface area contributed by atoms with Crippen molar-refractivity contribution in [3.05, 3.63) is 86.8 Å². The Balaban J connectivity index is 1.38. The second kappa shape index (κ2) is 9.62. The second-order valence-corrected chi connectivity index (χ2v) is 9.74. The van der Waals surface area contributed by atoms with Crippen LogP contribution in [0.1, 0.15) is 38.1 Å². The van der Waals surface area contributed by atoms with Crippen LogP contribution in [-0.4, -0.2) is 40.4 Å². The number of hydrogen-bond acceptors (Lipinski definition) is 8. The number of nitrogens with zero attached hydrogens (tertiary/aromatic N) is 3. The Hall–Kier alpha value is -4.31. The van der Waals surface area contributed by atoms with Gasteiger partial charge < -0.3 is 14.4 Å². The number of benzene rings is 2. The Kier molecular flexibility index (Phi) is 6.34. The van der Waals surface area contributed by atoms with E-state index in [0.29, 0.717) is 32.3 Å². The van der Waals surface area contributed by atoms with Crippen molar-refractivity contribution in [1.29, 1.82) is 0 Å². The molecule has 3 heterocycles. The minimum atomic E-state index is -0.607. The first-order valence-electron chi connectivity index (χ1n) is 11.6. The topological polar surface area (TPSA) is 108 Å². The molecule has 188 valence electrons. The Bertz CT molecular complexity index is 1610. The molecule has 1 amide bonds. The molecule has 1 aliphatic heterocycles. The van der Waals surface area contributed by atoms with Gasteiger partial charge in [-0.05, 0) is 43.2 Å². The van der Waals surface area contributed by atoms with Gasteiger partial charge in [0.1, 0.15) is 22.1 Å².